The number of aromatic nitrogens is 4. The molecule has 4 rings (SSSR count). The summed E-state index contributed by atoms with van der Waals surface area (Å²) in [4.78, 5) is 21.5. The van der Waals surface area contributed by atoms with Gasteiger partial charge in [-0.05, 0) is 24.6 Å². The van der Waals surface area contributed by atoms with Crippen LogP contribution in [-0.4, -0.2) is 38.8 Å². The van der Waals surface area contributed by atoms with Gasteiger partial charge in [0.2, 0.25) is 11.9 Å². The molecule has 0 bridgehead atoms. The number of carbonyl (C=O) groups excluding carboxylic acids is 1. The predicted octanol–water partition coefficient (Wildman–Crippen LogP) is 2.40. The number of nitrogens with one attached hydrogen (secondary N) is 2. The second-order valence-corrected chi connectivity index (χ2v) is 6.93. The molecule has 26 heavy (non-hydrogen) atoms. The van der Waals surface area contributed by atoms with E-state index in [9.17, 15) is 4.79 Å². The van der Waals surface area contributed by atoms with Gasteiger partial charge in [0.25, 0.3) is 0 Å². The van der Waals surface area contributed by atoms with Crippen molar-refractivity contribution in [1.29, 1.82) is 0 Å². The molecule has 0 radical (unpaired) electrons. The van der Waals surface area contributed by atoms with E-state index in [1.807, 2.05) is 36.6 Å². The predicted molar refractivity (Wildman–Crippen MR) is 98.5 cm³/mol. The molecular weight excluding hydrogens is 352 g/mol. The molecule has 0 saturated carbocycles. The fourth-order valence-electron chi connectivity index (χ4n) is 3.29. The van der Waals surface area contributed by atoms with Crippen LogP contribution in [0, 0.1) is 5.92 Å². The lowest BCUT2D eigenvalue weighted by atomic mass is 9.85. The molecule has 1 aliphatic heterocycles. The summed E-state index contributed by atoms with van der Waals surface area (Å²) < 4.78 is 7.10. The van der Waals surface area contributed by atoms with E-state index in [-0.39, 0.29) is 18.0 Å². The van der Waals surface area contributed by atoms with Gasteiger partial charge in [0, 0.05) is 17.6 Å². The van der Waals surface area contributed by atoms with Crippen LogP contribution in [0.25, 0.3) is 0 Å². The average Bonchev–Trinajstić information content (AvgIpc) is 3.32. The fourth-order valence-corrected chi connectivity index (χ4v) is 3.83. The van der Waals surface area contributed by atoms with E-state index in [0.29, 0.717) is 11.1 Å². The summed E-state index contributed by atoms with van der Waals surface area (Å²) in [7, 11) is 1.62. The third-order valence-electron chi connectivity index (χ3n) is 4.47. The number of rotatable bonds is 4. The number of methoxy groups -OCH3 is 1. The number of hydrogen-bond acceptors (Lipinski definition) is 7. The Morgan fingerprint density at radius 1 is 1.38 bits per heavy atom. The third-order valence-corrected chi connectivity index (χ3v) is 5.16. The van der Waals surface area contributed by atoms with E-state index in [1.165, 1.54) is 17.7 Å². The molecule has 1 aliphatic rings. The van der Waals surface area contributed by atoms with Crippen molar-refractivity contribution in [2.24, 2.45) is 5.92 Å². The molecule has 0 saturated heterocycles. The van der Waals surface area contributed by atoms with Crippen molar-refractivity contribution in [2.75, 3.05) is 17.7 Å². The van der Waals surface area contributed by atoms with Crippen molar-refractivity contribution in [1.82, 2.24) is 19.7 Å². The van der Waals surface area contributed by atoms with Gasteiger partial charge in [-0.2, -0.15) is 10.1 Å². The van der Waals surface area contributed by atoms with Crippen LogP contribution in [0.5, 0.6) is 5.75 Å². The Hall–Kier alpha value is -2.94. The van der Waals surface area contributed by atoms with Crippen LogP contribution >= 0.6 is 11.3 Å². The number of hydrogen-bond donors (Lipinski definition) is 2. The second-order valence-electron chi connectivity index (χ2n) is 6.03. The summed E-state index contributed by atoms with van der Waals surface area (Å²) in [6.07, 6.45) is 3.15. The van der Waals surface area contributed by atoms with Crippen LogP contribution in [0.4, 0.5) is 11.1 Å². The first kappa shape index (κ1) is 16.5. The average molecular weight is 370 g/mol. The Morgan fingerprint density at radius 2 is 2.27 bits per heavy atom. The lowest BCUT2D eigenvalue weighted by Crippen LogP contribution is -2.46. The quantitative estimate of drug-likeness (QED) is 0.732. The van der Waals surface area contributed by atoms with Crippen molar-refractivity contribution in [3.63, 3.8) is 0 Å². The van der Waals surface area contributed by atoms with E-state index < -0.39 is 5.92 Å². The largest absolute Gasteiger partial charge is 0.497 e. The van der Waals surface area contributed by atoms with E-state index in [1.54, 1.807) is 18.0 Å². The molecule has 3 heterocycles. The van der Waals surface area contributed by atoms with E-state index >= 15 is 0 Å². The molecule has 2 N–H and O–H groups in total. The lowest BCUT2D eigenvalue weighted by molar-refractivity contribution is -0.121. The Bertz CT molecular complexity index is 910. The minimum Gasteiger partial charge on any atom is -0.497 e. The fraction of sp³-hybridized carbons (Fsp3) is 0.294. The number of thiazole rings is 1. The van der Waals surface area contributed by atoms with E-state index in [0.717, 1.165) is 11.3 Å². The van der Waals surface area contributed by atoms with Crippen LogP contribution < -0.4 is 15.4 Å². The van der Waals surface area contributed by atoms with Gasteiger partial charge in [0.15, 0.2) is 5.13 Å². The smallest absolute Gasteiger partial charge is 0.233 e. The van der Waals surface area contributed by atoms with Gasteiger partial charge in [-0.15, -0.1) is 11.3 Å². The zero-order chi connectivity index (χ0) is 18.1. The number of fused-ring (bicyclic) bond motifs is 1. The normalized spacial score (nSPS) is 21.5. The summed E-state index contributed by atoms with van der Waals surface area (Å²) in [5.74, 6) is 0.854. The highest BCUT2D eigenvalue weighted by molar-refractivity contribution is 7.13. The van der Waals surface area contributed by atoms with Crippen LogP contribution in [0.3, 0.4) is 0 Å². The van der Waals surface area contributed by atoms with Crippen LogP contribution in [0.15, 0.2) is 42.2 Å². The van der Waals surface area contributed by atoms with Gasteiger partial charge in [-0.1, -0.05) is 12.1 Å². The van der Waals surface area contributed by atoms with Crippen LogP contribution in [0.2, 0.25) is 0 Å². The molecule has 8 nitrogen and oxygen atoms in total. The molecule has 2 aromatic heterocycles. The van der Waals surface area contributed by atoms with Crippen LogP contribution in [-0.2, 0) is 4.79 Å². The standard InChI is InChI=1S/C17H18N6O2S/c1-10-13(15(24)22-17-18-6-7-26-17)14(23-16(21-10)19-9-20-23)11-4-3-5-12(8-11)25-2/h3-10,13-14H,1-2H3,(H,18,22,24)(H,19,20,21)/t10-,13+,14+/m0/s1. The first-order valence-corrected chi connectivity index (χ1v) is 9.05. The lowest BCUT2D eigenvalue weighted by Gasteiger charge is -2.36. The Kier molecular flexibility index (Phi) is 4.29. The maximum atomic E-state index is 13.1. The summed E-state index contributed by atoms with van der Waals surface area (Å²) in [5.41, 5.74) is 0.934. The van der Waals surface area contributed by atoms with Crippen molar-refractivity contribution < 1.29 is 9.53 Å². The van der Waals surface area contributed by atoms with Crippen molar-refractivity contribution in [3.05, 3.63) is 47.7 Å². The summed E-state index contributed by atoms with van der Waals surface area (Å²) in [6.45, 7) is 1.97. The van der Waals surface area contributed by atoms with Crippen molar-refractivity contribution in [2.45, 2.75) is 19.0 Å². The molecular formula is C17H18N6O2S. The highest BCUT2D eigenvalue weighted by Crippen LogP contribution is 2.37. The first-order chi connectivity index (χ1) is 12.7. The topological polar surface area (TPSA) is 94.0 Å². The number of ether oxygens (including phenoxy) is 1. The maximum Gasteiger partial charge on any atom is 0.233 e. The zero-order valence-corrected chi connectivity index (χ0v) is 15.1. The van der Waals surface area contributed by atoms with Gasteiger partial charge in [0.05, 0.1) is 19.1 Å². The zero-order valence-electron chi connectivity index (χ0n) is 14.3. The summed E-state index contributed by atoms with van der Waals surface area (Å²) in [6, 6.07) is 7.24. The van der Waals surface area contributed by atoms with Gasteiger partial charge in [0.1, 0.15) is 12.1 Å². The second kappa shape index (κ2) is 6.75. The summed E-state index contributed by atoms with van der Waals surface area (Å²) in [5, 5.41) is 12.9. The Morgan fingerprint density at radius 3 is 3.04 bits per heavy atom. The Labute approximate surface area is 154 Å². The molecule has 1 amide bonds. The SMILES string of the molecule is COc1cccc([C@@H]2[C@H](C(=O)Nc3nccs3)[C@H](C)Nc3ncnn32)c1. The highest BCUT2D eigenvalue weighted by atomic mass is 32.1. The van der Waals surface area contributed by atoms with Gasteiger partial charge in [-0.3, -0.25) is 4.79 Å². The van der Waals surface area contributed by atoms with Crippen LogP contribution in [0.1, 0.15) is 18.5 Å². The monoisotopic (exact) mass is 370 g/mol. The van der Waals surface area contributed by atoms with Crippen molar-refractivity contribution >= 4 is 28.3 Å². The van der Waals surface area contributed by atoms with E-state index in [4.69, 9.17) is 4.74 Å². The molecule has 0 fully saturated rings. The molecule has 3 aromatic rings. The first-order valence-electron chi connectivity index (χ1n) is 8.17. The summed E-state index contributed by atoms with van der Waals surface area (Å²) >= 11 is 1.39. The molecule has 1 aromatic carbocycles. The maximum absolute atomic E-state index is 13.1. The number of benzene rings is 1. The number of nitrogens with zero attached hydrogens (tertiary/aromatic N) is 4. The number of amides is 1. The molecule has 134 valence electrons. The minimum atomic E-state index is -0.403. The third kappa shape index (κ3) is 2.90. The number of anilines is 2. The van der Waals surface area contributed by atoms with Gasteiger partial charge < -0.3 is 15.4 Å². The molecule has 0 spiro atoms. The Balaban J connectivity index is 1.75. The minimum absolute atomic E-state index is 0.117. The van der Waals surface area contributed by atoms with E-state index in [2.05, 4.69) is 25.7 Å². The molecule has 9 heteroatoms. The molecule has 0 unspecified atom stereocenters. The highest BCUT2D eigenvalue weighted by Gasteiger charge is 2.41. The molecule has 3 atom stereocenters. The number of carbonyl (C=O) groups is 1. The van der Waals surface area contributed by atoms with Crippen molar-refractivity contribution in [3.8, 4) is 5.75 Å². The molecule has 0 aliphatic carbocycles. The van der Waals surface area contributed by atoms with Gasteiger partial charge in [-0.25, -0.2) is 9.67 Å². The van der Waals surface area contributed by atoms with Gasteiger partial charge >= 0.3 is 0 Å².